The summed E-state index contributed by atoms with van der Waals surface area (Å²) in [6.07, 6.45) is 3.91. The zero-order chi connectivity index (χ0) is 12.5. The van der Waals surface area contributed by atoms with E-state index in [4.69, 9.17) is 9.84 Å². The molecule has 1 heterocycles. The molecule has 0 unspecified atom stereocenters. The van der Waals surface area contributed by atoms with Gasteiger partial charge in [0, 0.05) is 6.54 Å². The molecule has 1 N–H and O–H groups in total. The van der Waals surface area contributed by atoms with E-state index in [2.05, 4.69) is 4.90 Å². The first-order chi connectivity index (χ1) is 8.75. The molecule has 0 aromatic heterocycles. The molecule has 2 aliphatic rings. The van der Waals surface area contributed by atoms with Gasteiger partial charge in [-0.15, -0.1) is 0 Å². The number of para-hydroxylation sites is 1. The largest absolute Gasteiger partial charge is 0.489 e. The quantitative estimate of drug-likeness (QED) is 0.887. The van der Waals surface area contributed by atoms with Crippen LogP contribution in [-0.2, 0) is 0 Å². The molecule has 0 atom stereocenters. The topological polar surface area (TPSA) is 49.8 Å². The number of hydrogen-bond acceptors (Lipinski definition) is 3. The van der Waals surface area contributed by atoms with E-state index in [-0.39, 0.29) is 5.56 Å². The highest BCUT2D eigenvalue weighted by Gasteiger charge is 2.26. The fourth-order valence-corrected chi connectivity index (χ4v) is 2.45. The van der Waals surface area contributed by atoms with Crippen molar-refractivity contribution in [1.29, 1.82) is 0 Å². The fourth-order valence-electron chi connectivity index (χ4n) is 2.45. The highest BCUT2D eigenvalue weighted by atomic mass is 16.5. The predicted molar refractivity (Wildman–Crippen MR) is 68.5 cm³/mol. The Morgan fingerprint density at radius 3 is 3.00 bits per heavy atom. The van der Waals surface area contributed by atoms with Gasteiger partial charge in [0.05, 0.1) is 12.2 Å². The van der Waals surface area contributed by atoms with Crippen molar-refractivity contribution < 1.29 is 14.6 Å². The SMILES string of the molecule is O=C(O)c1cccc2c1OCCN2CCC1CC1. The molecule has 4 heteroatoms. The number of carboxylic acids is 1. The Morgan fingerprint density at radius 2 is 2.28 bits per heavy atom. The highest BCUT2D eigenvalue weighted by molar-refractivity contribution is 5.93. The van der Waals surface area contributed by atoms with Crippen LogP contribution in [0.15, 0.2) is 18.2 Å². The molecule has 0 amide bonds. The van der Waals surface area contributed by atoms with Gasteiger partial charge in [0.1, 0.15) is 12.2 Å². The standard InChI is InChI=1S/C14H17NO3/c16-14(17)11-2-1-3-12-13(11)18-9-8-15(12)7-6-10-4-5-10/h1-3,10H,4-9H2,(H,16,17). The minimum absolute atomic E-state index is 0.267. The van der Waals surface area contributed by atoms with Crippen molar-refractivity contribution >= 4 is 11.7 Å². The first-order valence-corrected chi connectivity index (χ1v) is 6.50. The molecule has 96 valence electrons. The molecule has 0 spiro atoms. The molecule has 0 saturated heterocycles. The smallest absolute Gasteiger partial charge is 0.339 e. The number of hydrogen-bond donors (Lipinski definition) is 1. The third-order valence-electron chi connectivity index (χ3n) is 3.68. The molecule has 18 heavy (non-hydrogen) atoms. The maximum Gasteiger partial charge on any atom is 0.339 e. The summed E-state index contributed by atoms with van der Waals surface area (Å²) in [6.45, 7) is 2.43. The van der Waals surface area contributed by atoms with Crippen molar-refractivity contribution in [3.63, 3.8) is 0 Å². The number of carboxylic acid groups (broad SMARTS) is 1. The van der Waals surface area contributed by atoms with Crippen LogP contribution in [0, 0.1) is 5.92 Å². The third-order valence-corrected chi connectivity index (χ3v) is 3.68. The summed E-state index contributed by atoms with van der Waals surface area (Å²) in [4.78, 5) is 13.4. The van der Waals surface area contributed by atoms with E-state index in [0.717, 1.165) is 24.7 Å². The van der Waals surface area contributed by atoms with Crippen LogP contribution in [-0.4, -0.2) is 30.8 Å². The molecule has 0 bridgehead atoms. The van der Waals surface area contributed by atoms with Gasteiger partial charge in [0.25, 0.3) is 0 Å². The average Bonchev–Trinajstić information content (AvgIpc) is 3.19. The van der Waals surface area contributed by atoms with Crippen molar-refractivity contribution in [2.24, 2.45) is 5.92 Å². The van der Waals surface area contributed by atoms with Gasteiger partial charge in [0.2, 0.25) is 0 Å². The summed E-state index contributed by atoms with van der Waals surface area (Å²) in [5.74, 6) is 0.502. The van der Waals surface area contributed by atoms with Crippen LogP contribution in [0.4, 0.5) is 5.69 Å². The molecular weight excluding hydrogens is 230 g/mol. The van der Waals surface area contributed by atoms with Crippen LogP contribution >= 0.6 is 0 Å². The van der Waals surface area contributed by atoms with Crippen LogP contribution in [0.1, 0.15) is 29.6 Å². The molecule has 1 fully saturated rings. The maximum atomic E-state index is 11.2. The van der Waals surface area contributed by atoms with Gasteiger partial charge in [0.15, 0.2) is 5.75 Å². The normalized spacial score (nSPS) is 18.1. The minimum atomic E-state index is -0.920. The summed E-state index contributed by atoms with van der Waals surface area (Å²) in [7, 11) is 0. The lowest BCUT2D eigenvalue weighted by molar-refractivity contribution is 0.0692. The van der Waals surface area contributed by atoms with Gasteiger partial charge in [-0.3, -0.25) is 0 Å². The van der Waals surface area contributed by atoms with Crippen molar-refractivity contribution in [2.75, 3.05) is 24.6 Å². The second-order valence-electron chi connectivity index (χ2n) is 5.03. The number of nitrogens with zero attached hydrogens (tertiary/aromatic N) is 1. The van der Waals surface area contributed by atoms with E-state index in [1.807, 2.05) is 6.07 Å². The van der Waals surface area contributed by atoms with Crippen LogP contribution in [0.5, 0.6) is 5.75 Å². The molecule has 1 aromatic carbocycles. The Balaban J connectivity index is 1.84. The first kappa shape index (κ1) is 11.4. The molecule has 1 aliphatic carbocycles. The zero-order valence-corrected chi connectivity index (χ0v) is 10.3. The average molecular weight is 247 g/mol. The van der Waals surface area contributed by atoms with E-state index in [0.29, 0.717) is 12.4 Å². The number of ether oxygens (including phenoxy) is 1. The third kappa shape index (κ3) is 2.15. The second kappa shape index (κ2) is 4.52. The summed E-state index contributed by atoms with van der Waals surface area (Å²) in [5.41, 5.74) is 1.20. The molecule has 0 radical (unpaired) electrons. The maximum absolute atomic E-state index is 11.2. The van der Waals surface area contributed by atoms with Crippen molar-refractivity contribution in [2.45, 2.75) is 19.3 Å². The summed E-state index contributed by atoms with van der Waals surface area (Å²) >= 11 is 0. The molecule has 1 saturated carbocycles. The summed E-state index contributed by atoms with van der Waals surface area (Å²) in [6, 6.07) is 5.35. The number of benzene rings is 1. The number of rotatable bonds is 4. The Kier molecular flexibility index (Phi) is 2.86. The molecule has 3 rings (SSSR count). The number of anilines is 1. The Hall–Kier alpha value is -1.71. The van der Waals surface area contributed by atoms with Crippen LogP contribution in [0.3, 0.4) is 0 Å². The summed E-state index contributed by atoms with van der Waals surface area (Å²) < 4.78 is 5.55. The first-order valence-electron chi connectivity index (χ1n) is 6.50. The van der Waals surface area contributed by atoms with E-state index in [9.17, 15) is 4.79 Å². The molecular formula is C14H17NO3. The minimum Gasteiger partial charge on any atom is -0.489 e. The lowest BCUT2D eigenvalue weighted by Crippen LogP contribution is -2.34. The number of aromatic carboxylic acids is 1. The van der Waals surface area contributed by atoms with E-state index >= 15 is 0 Å². The van der Waals surface area contributed by atoms with Gasteiger partial charge in [-0.25, -0.2) is 4.79 Å². The molecule has 1 aromatic rings. The Bertz CT molecular complexity index is 468. The van der Waals surface area contributed by atoms with Crippen LogP contribution < -0.4 is 9.64 Å². The van der Waals surface area contributed by atoms with Crippen LogP contribution in [0.25, 0.3) is 0 Å². The zero-order valence-electron chi connectivity index (χ0n) is 10.3. The van der Waals surface area contributed by atoms with Gasteiger partial charge < -0.3 is 14.7 Å². The van der Waals surface area contributed by atoms with Gasteiger partial charge in [-0.1, -0.05) is 18.9 Å². The van der Waals surface area contributed by atoms with Crippen molar-refractivity contribution in [3.8, 4) is 5.75 Å². The van der Waals surface area contributed by atoms with Gasteiger partial charge in [-0.05, 0) is 24.5 Å². The summed E-state index contributed by atoms with van der Waals surface area (Å²) in [5, 5.41) is 9.16. The second-order valence-corrected chi connectivity index (χ2v) is 5.03. The predicted octanol–water partition coefficient (Wildman–Crippen LogP) is 2.38. The number of fused-ring (bicyclic) bond motifs is 1. The number of carbonyl (C=O) groups is 1. The van der Waals surface area contributed by atoms with E-state index < -0.39 is 5.97 Å². The van der Waals surface area contributed by atoms with E-state index in [1.165, 1.54) is 19.3 Å². The molecule has 4 nitrogen and oxygen atoms in total. The van der Waals surface area contributed by atoms with Crippen molar-refractivity contribution in [3.05, 3.63) is 23.8 Å². The Morgan fingerprint density at radius 1 is 1.44 bits per heavy atom. The fraction of sp³-hybridized carbons (Fsp3) is 0.500. The Labute approximate surface area is 106 Å². The molecule has 1 aliphatic heterocycles. The lowest BCUT2D eigenvalue weighted by atomic mass is 10.1. The van der Waals surface area contributed by atoms with Gasteiger partial charge >= 0.3 is 5.97 Å². The highest BCUT2D eigenvalue weighted by Crippen LogP contribution is 2.37. The monoisotopic (exact) mass is 247 g/mol. The van der Waals surface area contributed by atoms with E-state index in [1.54, 1.807) is 12.1 Å². The van der Waals surface area contributed by atoms with Crippen molar-refractivity contribution in [1.82, 2.24) is 0 Å². The van der Waals surface area contributed by atoms with Crippen LogP contribution in [0.2, 0.25) is 0 Å². The lowest BCUT2D eigenvalue weighted by Gasteiger charge is -2.32. The van der Waals surface area contributed by atoms with Gasteiger partial charge in [-0.2, -0.15) is 0 Å².